The minimum atomic E-state index is -0.807. The smallest absolute Gasteiger partial charge is 0.326 e. The first kappa shape index (κ1) is 11.7. The topological polar surface area (TPSA) is 75.5 Å². The average molecular weight is 208 g/mol. The first-order valence-electron chi connectivity index (χ1n) is 3.35. The lowest BCUT2D eigenvalue weighted by Gasteiger charge is -2.20. The first-order chi connectivity index (χ1) is 5.13. The third kappa shape index (κ3) is 2.33. The van der Waals surface area contributed by atoms with Crippen LogP contribution < -0.4 is 6.15 Å². The van der Waals surface area contributed by atoms with Crippen molar-refractivity contribution in [2.75, 3.05) is 6.54 Å². The second kappa shape index (κ2) is 4.64. The highest BCUT2D eigenvalue weighted by Gasteiger charge is 2.30. The number of carbonyl (C=O) groups is 1. The Balaban J connectivity index is 0.00000121. The van der Waals surface area contributed by atoms with E-state index in [0.717, 1.165) is 13.0 Å². The van der Waals surface area contributed by atoms with E-state index in [4.69, 9.17) is 17.3 Å². The lowest BCUT2D eigenvalue weighted by molar-refractivity contribution is -0.140. The molecule has 1 heterocycles. The van der Waals surface area contributed by atoms with Gasteiger partial charge in [0.25, 0.3) is 0 Å². The third-order valence-electron chi connectivity index (χ3n) is 1.78. The standard InChI is InChI=1S/C6H9NO2S2.H3N/c8-5(9)4-2-1-3-7(4)6(10)11;/h4H,1-3H2,(H,8,9)(H,10,11);1H3/t4-;/m0./s1. The average Bonchev–Trinajstić information content (AvgIpc) is 2.32. The Labute approximate surface area is 81.9 Å². The highest BCUT2D eigenvalue weighted by molar-refractivity contribution is 8.10. The molecule has 1 saturated heterocycles. The predicted molar refractivity (Wildman–Crippen MR) is 54.0 cm³/mol. The van der Waals surface area contributed by atoms with E-state index in [1.807, 2.05) is 0 Å². The Hall–Kier alpha value is -0.330. The van der Waals surface area contributed by atoms with Crippen LogP contribution in [-0.4, -0.2) is 32.9 Å². The van der Waals surface area contributed by atoms with Crippen LogP contribution in [0.15, 0.2) is 0 Å². The van der Waals surface area contributed by atoms with E-state index in [1.54, 1.807) is 4.90 Å². The maximum Gasteiger partial charge on any atom is 0.326 e. The van der Waals surface area contributed by atoms with Crippen LogP contribution in [0.4, 0.5) is 0 Å². The number of likely N-dealkylation sites (tertiary alicyclic amines) is 1. The van der Waals surface area contributed by atoms with Crippen molar-refractivity contribution in [2.45, 2.75) is 18.9 Å². The minimum Gasteiger partial charge on any atom is -0.480 e. The van der Waals surface area contributed by atoms with E-state index in [9.17, 15) is 4.79 Å². The zero-order valence-electron chi connectivity index (χ0n) is 6.56. The molecule has 0 saturated carbocycles. The molecule has 0 unspecified atom stereocenters. The molecule has 1 rings (SSSR count). The molecule has 0 aromatic carbocycles. The summed E-state index contributed by atoms with van der Waals surface area (Å²) < 4.78 is 0.384. The predicted octanol–water partition coefficient (Wildman–Crippen LogP) is 0.912. The summed E-state index contributed by atoms with van der Waals surface area (Å²) in [6, 6.07) is -0.444. The van der Waals surface area contributed by atoms with Crippen LogP contribution in [0.5, 0.6) is 0 Å². The molecule has 1 aliphatic heterocycles. The molecular formula is C6H12N2O2S2. The second-order valence-electron chi connectivity index (χ2n) is 2.47. The van der Waals surface area contributed by atoms with Gasteiger partial charge in [-0.2, -0.15) is 0 Å². The van der Waals surface area contributed by atoms with Crippen molar-refractivity contribution in [2.24, 2.45) is 0 Å². The molecule has 0 aliphatic carbocycles. The van der Waals surface area contributed by atoms with Gasteiger partial charge >= 0.3 is 5.97 Å². The Morgan fingerprint density at radius 1 is 1.67 bits per heavy atom. The molecular weight excluding hydrogens is 196 g/mol. The molecule has 6 heteroatoms. The lowest BCUT2D eigenvalue weighted by atomic mass is 10.2. The summed E-state index contributed by atoms with van der Waals surface area (Å²) in [4.78, 5) is 12.2. The van der Waals surface area contributed by atoms with Gasteiger partial charge in [-0.3, -0.25) is 0 Å². The molecule has 12 heavy (non-hydrogen) atoms. The number of aliphatic carboxylic acids is 1. The quantitative estimate of drug-likeness (QED) is 0.441. The Kier molecular flexibility index (Phi) is 4.51. The summed E-state index contributed by atoms with van der Waals surface area (Å²) in [6.45, 7) is 0.722. The van der Waals surface area contributed by atoms with Crippen molar-refractivity contribution >= 4 is 35.1 Å². The highest BCUT2D eigenvalue weighted by atomic mass is 32.1. The number of carboxylic acid groups (broad SMARTS) is 1. The number of carboxylic acids is 1. The van der Waals surface area contributed by atoms with Gasteiger partial charge < -0.3 is 16.2 Å². The van der Waals surface area contributed by atoms with Gasteiger partial charge in [0.15, 0.2) is 0 Å². The monoisotopic (exact) mass is 208 g/mol. The number of thiocarbonyl (C=S) groups is 1. The van der Waals surface area contributed by atoms with Crippen LogP contribution in [0, 0.1) is 0 Å². The summed E-state index contributed by atoms with van der Waals surface area (Å²) in [5, 5.41) is 8.70. The molecule has 70 valence electrons. The largest absolute Gasteiger partial charge is 0.480 e. The molecule has 1 atom stereocenters. The molecule has 0 bridgehead atoms. The second-order valence-corrected chi connectivity index (χ2v) is 3.59. The van der Waals surface area contributed by atoms with Gasteiger partial charge in [-0.15, -0.1) is 12.6 Å². The Morgan fingerprint density at radius 2 is 2.25 bits per heavy atom. The summed E-state index contributed by atoms with van der Waals surface area (Å²) in [7, 11) is 0. The lowest BCUT2D eigenvalue weighted by Crippen LogP contribution is -2.37. The SMILES string of the molecule is N.O=C(O)[C@@H]1CCCN1C(=S)S. The summed E-state index contributed by atoms with van der Waals surface area (Å²) in [5.74, 6) is -0.807. The summed E-state index contributed by atoms with van der Waals surface area (Å²) in [6.07, 6.45) is 1.56. The Bertz CT molecular complexity index is 178. The van der Waals surface area contributed by atoms with Gasteiger partial charge in [0.05, 0.1) is 0 Å². The molecule has 1 aliphatic rings. The Morgan fingerprint density at radius 3 is 2.58 bits per heavy atom. The van der Waals surface area contributed by atoms with E-state index in [1.165, 1.54) is 0 Å². The molecule has 0 aromatic rings. The van der Waals surface area contributed by atoms with Crippen LogP contribution in [-0.2, 0) is 4.79 Å². The zero-order chi connectivity index (χ0) is 8.43. The maximum atomic E-state index is 10.6. The van der Waals surface area contributed by atoms with Gasteiger partial charge in [-0.25, -0.2) is 4.79 Å². The van der Waals surface area contributed by atoms with Crippen molar-refractivity contribution in [1.29, 1.82) is 0 Å². The van der Waals surface area contributed by atoms with Crippen LogP contribution in [0.25, 0.3) is 0 Å². The van der Waals surface area contributed by atoms with Crippen LogP contribution >= 0.6 is 24.8 Å². The van der Waals surface area contributed by atoms with Crippen molar-refractivity contribution in [3.63, 3.8) is 0 Å². The van der Waals surface area contributed by atoms with E-state index in [0.29, 0.717) is 10.7 Å². The van der Waals surface area contributed by atoms with E-state index >= 15 is 0 Å². The van der Waals surface area contributed by atoms with Gasteiger partial charge in [-0.1, -0.05) is 12.2 Å². The van der Waals surface area contributed by atoms with E-state index < -0.39 is 12.0 Å². The fraction of sp³-hybridized carbons (Fsp3) is 0.667. The zero-order valence-corrected chi connectivity index (χ0v) is 8.27. The van der Waals surface area contributed by atoms with Crippen molar-refractivity contribution in [1.82, 2.24) is 11.1 Å². The fourth-order valence-electron chi connectivity index (χ4n) is 1.25. The number of nitrogens with zero attached hydrogens (tertiary/aromatic N) is 1. The fourth-order valence-corrected chi connectivity index (χ4v) is 1.71. The molecule has 4 nitrogen and oxygen atoms in total. The number of hydrogen-bond donors (Lipinski definition) is 3. The van der Waals surface area contributed by atoms with Gasteiger partial charge in [0.1, 0.15) is 10.4 Å². The molecule has 1 fully saturated rings. The van der Waals surface area contributed by atoms with Crippen molar-refractivity contribution < 1.29 is 9.90 Å². The van der Waals surface area contributed by atoms with Crippen molar-refractivity contribution in [3.8, 4) is 0 Å². The van der Waals surface area contributed by atoms with Crippen LogP contribution in [0.1, 0.15) is 12.8 Å². The number of hydrogen-bond acceptors (Lipinski definition) is 3. The van der Waals surface area contributed by atoms with Crippen molar-refractivity contribution in [3.05, 3.63) is 0 Å². The van der Waals surface area contributed by atoms with E-state index in [2.05, 4.69) is 12.6 Å². The highest BCUT2D eigenvalue weighted by Crippen LogP contribution is 2.18. The molecule has 0 amide bonds. The minimum absolute atomic E-state index is 0. The van der Waals surface area contributed by atoms with Crippen LogP contribution in [0.3, 0.4) is 0 Å². The molecule has 0 radical (unpaired) electrons. The normalized spacial score (nSPS) is 21.8. The summed E-state index contributed by atoms with van der Waals surface area (Å²) >= 11 is 8.72. The van der Waals surface area contributed by atoms with Gasteiger partial charge in [0, 0.05) is 6.54 Å². The first-order valence-corrected chi connectivity index (χ1v) is 4.21. The van der Waals surface area contributed by atoms with Crippen LogP contribution in [0.2, 0.25) is 0 Å². The van der Waals surface area contributed by atoms with Gasteiger partial charge in [0.2, 0.25) is 0 Å². The third-order valence-corrected chi connectivity index (χ3v) is 2.27. The van der Waals surface area contributed by atoms with Gasteiger partial charge in [-0.05, 0) is 12.8 Å². The number of rotatable bonds is 1. The van der Waals surface area contributed by atoms with E-state index in [-0.39, 0.29) is 6.15 Å². The molecule has 0 aromatic heterocycles. The number of thiol groups is 1. The maximum absolute atomic E-state index is 10.6. The molecule has 4 N–H and O–H groups in total. The summed E-state index contributed by atoms with van der Waals surface area (Å²) in [5.41, 5.74) is 0. The molecule has 0 spiro atoms.